The second-order valence-corrected chi connectivity index (χ2v) is 9.30. The number of allylic oxidation sites excluding steroid dienone is 1. The number of rotatable bonds is 3. The van der Waals surface area contributed by atoms with Crippen molar-refractivity contribution in [3.05, 3.63) is 88.7 Å². The topological polar surface area (TPSA) is 101 Å². The first kappa shape index (κ1) is 20.7. The van der Waals surface area contributed by atoms with E-state index in [1.807, 2.05) is 30.3 Å². The summed E-state index contributed by atoms with van der Waals surface area (Å²) in [4.78, 5) is 27.7. The van der Waals surface area contributed by atoms with Gasteiger partial charge in [0.05, 0.1) is 17.3 Å². The number of fused-ring (bicyclic) bond motifs is 5. The molecule has 1 amide bonds. The molecule has 6 rings (SSSR count). The SMILES string of the molecule is CC(C)c1ccc2c(c1)OC1(O)C3=C(CCC=C3)C(=O)C21NC(=O)c1cnnc2ccccc12. The van der Waals surface area contributed by atoms with Crippen molar-refractivity contribution in [1.29, 1.82) is 0 Å². The maximum absolute atomic E-state index is 14.0. The fraction of sp³-hybridized carbons (Fsp3) is 0.259. The zero-order chi connectivity index (χ0) is 23.7. The standard InChI is InChI=1S/C27H23N3O4/c1-15(2)16-11-12-21-23(13-16)34-27(33)20-9-5-3-8-18(20)24(31)26(21,27)29-25(32)19-14-28-30-22-10-6-4-7-17(19)22/h4-7,9-15,33H,3,8H2,1-2H3,(H,29,32). The zero-order valence-corrected chi connectivity index (χ0v) is 18.8. The Labute approximate surface area is 196 Å². The van der Waals surface area contributed by atoms with Gasteiger partial charge in [-0.1, -0.05) is 56.3 Å². The van der Waals surface area contributed by atoms with E-state index < -0.39 is 17.2 Å². The molecular weight excluding hydrogens is 430 g/mol. The summed E-state index contributed by atoms with van der Waals surface area (Å²) in [6.45, 7) is 4.11. The van der Waals surface area contributed by atoms with Gasteiger partial charge in [0.15, 0.2) is 5.78 Å². The smallest absolute Gasteiger partial charge is 0.270 e. The van der Waals surface area contributed by atoms with Crippen molar-refractivity contribution < 1.29 is 19.4 Å². The van der Waals surface area contributed by atoms with E-state index in [-0.39, 0.29) is 17.3 Å². The first-order valence-corrected chi connectivity index (χ1v) is 11.4. The van der Waals surface area contributed by atoms with Crippen LogP contribution in [0.1, 0.15) is 54.1 Å². The second kappa shape index (κ2) is 7.08. The lowest BCUT2D eigenvalue weighted by molar-refractivity contribution is -0.154. The number of amides is 1. The quantitative estimate of drug-likeness (QED) is 0.627. The molecule has 0 saturated carbocycles. The minimum atomic E-state index is -2.04. The van der Waals surface area contributed by atoms with Crippen molar-refractivity contribution in [2.24, 2.45) is 0 Å². The number of ketones is 1. The van der Waals surface area contributed by atoms with Crippen molar-refractivity contribution in [3.8, 4) is 5.75 Å². The Morgan fingerprint density at radius 2 is 2.03 bits per heavy atom. The molecule has 1 aromatic heterocycles. The summed E-state index contributed by atoms with van der Waals surface area (Å²) in [5, 5.41) is 23.6. The monoisotopic (exact) mass is 453 g/mol. The molecule has 2 N–H and O–H groups in total. The normalized spacial score (nSPS) is 24.8. The highest BCUT2D eigenvalue weighted by atomic mass is 16.6. The van der Waals surface area contributed by atoms with Crippen molar-refractivity contribution in [3.63, 3.8) is 0 Å². The molecule has 0 bridgehead atoms. The van der Waals surface area contributed by atoms with E-state index in [9.17, 15) is 14.7 Å². The van der Waals surface area contributed by atoms with Gasteiger partial charge >= 0.3 is 0 Å². The lowest BCUT2D eigenvalue weighted by Gasteiger charge is -2.35. The van der Waals surface area contributed by atoms with Gasteiger partial charge in [-0.25, -0.2) is 0 Å². The minimum Gasteiger partial charge on any atom is -0.454 e. The van der Waals surface area contributed by atoms with Gasteiger partial charge in [0.2, 0.25) is 5.54 Å². The third-order valence-electron chi connectivity index (χ3n) is 7.08. The zero-order valence-electron chi connectivity index (χ0n) is 18.8. The van der Waals surface area contributed by atoms with Crippen LogP contribution < -0.4 is 10.1 Å². The predicted octanol–water partition coefficient (Wildman–Crippen LogP) is 3.69. The Morgan fingerprint density at radius 3 is 2.85 bits per heavy atom. The molecule has 0 radical (unpaired) electrons. The van der Waals surface area contributed by atoms with E-state index in [1.54, 1.807) is 24.3 Å². The molecule has 2 heterocycles. The van der Waals surface area contributed by atoms with Crippen LogP contribution in [0.2, 0.25) is 0 Å². The molecule has 2 atom stereocenters. The number of nitrogens with one attached hydrogen (secondary N) is 1. The van der Waals surface area contributed by atoms with Crippen LogP contribution >= 0.6 is 0 Å². The molecule has 2 aromatic carbocycles. The number of carbonyl (C=O) groups excluding carboxylic acids is 2. The second-order valence-electron chi connectivity index (χ2n) is 9.30. The Hall–Kier alpha value is -3.84. The average Bonchev–Trinajstić information content (AvgIpc) is 3.20. The van der Waals surface area contributed by atoms with Gasteiger partial charge < -0.3 is 15.2 Å². The van der Waals surface area contributed by atoms with Crippen LogP contribution in [0.15, 0.2) is 72.0 Å². The maximum Gasteiger partial charge on any atom is 0.270 e. The molecule has 0 spiro atoms. The van der Waals surface area contributed by atoms with E-state index >= 15 is 0 Å². The van der Waals surface area contributed by atoms with E-state index in [1.165, 1.54) is 6.20 Å². The Morgan fingerprint density at radius 1 is 1.21 bits per heavy atom. The number of benzene rings is 2. The lowest BCUT2D eigenvalue weighted by Crippen LogP contribution is -2.63. The van der Waals surface area contributed by atoms with Gasteiger partial charge in [-0.05, 0) is 36.5 Å². The molecule has 2 aliphatic carbocycles. The van der Waals surface area contributed by atoms with Crippen LogP contribution in [0, 0.1) is 0 Å². The number of ether oxygens (including phenoxy) is 1. The van der Waals surface area contributed by atoms with Gasteiger partial charge in [-0.2, -0.15) is 10.2 Å². The highest BCUT2D eigenvalue weighted by Gasteiger charge is 2.72. The van der Waals surface area contributed by atoms with E-state index in [4.69, 9.17) is 4.74 Å². The number of hydrogen-bond acceptors (Lipinski definition) is 6. The average molecular weight is 453 g/mol. The summed E-state index contributed by atoms with van der Waals surface area (Å²) in [5.74, 6) is -2.30. The summed E-state index contributed by atoms with van der Waals surface area (Å²) >= 11 is 0. The molecule has 7 heteroatoms. The van der Waals surface area contributed by atoms with Crippen LogP contribution in [-0.4, -0.2) is 32.8 Å². The van der Waals surface area contributed by atoms with Gasteiger partial charge in [0.25, 0.3) is 11.7 Å². The first-order chi connectivity index (χ1) is 16.4. The van der Waals surface area contributed by atoms with Gasteiger partial charge in [-0.3, -0.25) is 9.59 Å². The van der Waals surface area contributed by atoms with Crippen molar-refractivity contribution in [1.82, 2.24) is 15.5 Å². The number of carbonyl (C=O) groups is 2. The molecule has 0 fully saturated rings. The van der Waals surface area contributed by atoms with Crippen LogP contribution in [0.4, 0.5) is 0 Å². The number of hydrogen-bond donors (Lipinski definition) is 2. The molecule has 34 heavy (non-hydrogen) atoms. The highest BCUT2D eigenvalue weighted by molar-refractivity contribution is 6.15. The summed E-state index contributed by atoms with van der Waals surface area (Å²) < 4.78 is 6.16. The molecule has 3 aliphatic rings. The van der Waals surface area contributed by atoms with Crippen LogP contribution in [0.25, 0.3) is 10.9 Å². The summed E-state index contributed by atoms with van der Waals surface area (Å²) in [5.41, 5.74) is 1.39. The predicted molar refractivity (Wildman–Crippen MR) is 125 cm³/mol. The number of aromatic nitrogens is 2. The Balaban J connectivity index is 1.54. The molecule has 170 valence electrons. The summed E-state index contributed by atoms with van der Waals surface area (Å²) in [6.07, 6.45) is 6.19. The van der Waals surface area contributed by atoms with E-state index in [0.29, 0.717) is 46.2 Å². The van der Waals surface area contributed by atoms with E-state index in [2.05, 4.69) is 29.4 Å². The molecule has 3 aromatic rings. The Kier molecular flexibility index (Phi) is 4.32. The summed E-state index contributed by atoms with van der Waals surface area (Å²) in [6, 6.07) is 12.7. The fourth-order valence-corrected chi connectivity index (χ4v) is 5.32. The number of aliphatic hydroxyl groups is 1. The van der Waals surface area contributed by atoms with Crippen LogP contribution in [0.5, 0.6) is 5.75 Å². The lowest BCUT2D eigenvalue weighted by atomic mass is 9.81. The third kappa shape index (κ3) is 2.56. The number of nitrogens with zero attached hydrogens (tertiary/aromatic N) is 2. The van der Waals surface area contributed by atoms with Gasteiger partial charge in [0.1, 0.15) is 5.75 Å². The molecule has 0 saturated heterocycles. The maximum atomic E-state index is 14.0. The Bertz CT molecular complexity index is 1450. The molecule has 7 nitrogen and oxygen atoms in total. The third-order valence-corrected chi connectivity index (χ3v) is 7.08. The van der Waals surface area contributed by atoms with Gasteiger partial charge in [-0.15, -0.1) is 0 Å². The van der Waals surface area contributed by atoms with Crippen LogP contribution in [0.3, 0.4) is 0 Å². The van der Waals surface area contributed by atoms with Gasteiger partial charge in [0, 0.05) is 22.1 Å². The minimum absolute atomic E-state index is 0.226. The highest BCUT2D eigenvalue weighted by Crippen LogP contribution is 2.58. The van der Waals surface area contributed by atoms with Crippen LogP contribution in [-0.2, 0) is 10.3 Å². The number of Topliss-reactive ketones (excluding diaryl/α,β-unsaturated/α-hetero) is 1. The fourth-order valence-electron chi connectivity index (χ4n) is 5.32. The van der Waals surface area contributed by atoms with Crippen molar-refractivity contribution >= 4 is 22.6 Å². The van der Waals surface area contributed by atoms with E-state index in [0.717, 1.165) is 5.56 Å². The summed E-state index contributed by atoms with van der Waals surface area (Å²) in [7, 11) is 0. The first-order valence-electron chi connectivity index (χ1n) is 11.4. The van der Waals surface area contributed by atoms with Crippen molar-refractivity contribution in [2.45, 2.75) is 43.9 Å². The molecular formula is C27H23N3O4. The largest absolute Gasteiger partial charge is 0.454 e. The molecule has 1 aliphatic heterocycles. The molecule has 2 unspecified atom stereocenters. The van der Waals surface area contributed by atoms with Crippen molar-refractivity contribution in [2.75, 3.05) is 0 Å².